The van der Waals surface area contributed by atoms with Crippen molar-refractivity contribution in [2.45, 2.75) is 32.4 Å². The van der Waals surface area contributed by atoms with Gasteiger partial charge in [0.25, 0.3) is 0 Å². The number of aromatic nitrogens is 2. The topological polar surface area (TPSA) is 30.2 Å². The Morgan fingerprint density at radius 2 is 1.41 bits per heavy atom. The van der Waals surface area contributed by atoms with Crippen molar-refractivity contribution in [3.05, 3.63) is 131 Å². The fourth-order valence-electron chi connectivity index (χ4n) is 4.52. The molecule has 2 heterocycles. The van der Waals surface area contributed by atoms with Crippen molar-refractivity contribution < 1.29 is 0 Å². The zero-order chi connectivity index (χ0) is 21.9. The van der Waals surface area contributed by atoms with Crippen LogP contribution in [0.25, 0.3) is 5.57 Å². The second-order valence-corrected chi connectivity index (χ2v) is 8.45. The Morgan fingerprint density at radius 1 is 0.844 bits per heavy atom. The summed E-state index contributed by atoms with van der Waals surface area (Å²) in [5.74, 6) is 0.977. The molecule has 3 nitrogen and oxygen atoms in total. The molecule has 32 heavy (non-hydrogen) atoms. The third-order valence-electron chi connectivity index (χ3n) is 5.98. The van der Waals surface area contributed by atoms with E-state index in [0.29, 0.717) is 0 Å². The maximum Gasteiger partial charge on any atom is 0.155 e. The summed E-state index contributed by atoms with van der Waals surface area (Å²) >= 11 is 0. The summed E-state index contributed by atoms with van der Waals surface area (Å²) < 4.78 is 2.35. The molecule has 0 N–H and O–H groups in total. The molecular formula is C29H27N3. The van der Waals surface area contributed by atoms with Gasteiger partial charge in [-0.25, -0.2) is 4.98 Å². The molecule has 1 aliphatic rings. The molecule has 5 rings (SSSR count). The fraction of sp³-hybridized carbons (Fsp3) is 0.172. The van der Waals surface area contributed by atoms with E-state index in [9.17, 15) is 0 Å². The highest BCUT2D eigenvalue weighted by Crippen LogP contribution is 2.32. The number of hydrogen-bond donors (Lipinski definition) is 0. The number of benzene rings is 3. The first-order valence-electron chi connectivity index (χ1n) is 11.1. The lowest BCUT2D eigenvalue weighted by molar-refractivity contribution is 0.551. The number of rotatable bonds is 6. The fourth-order valence-corrected chi connectivity index (χ4v) is 4.52. The summed E-state index contributed by atoms with van der Waals surface area (Å²) in [4.78, 5) is 10.4. The molecule has 0 bridgehead atoms. The number of aliphatic imine (C=N–C) groups is 1. The summed E-state index contributed by atoms with van der Waals surface area (Å²) in [5.41, 5.74) is 8.04. The summed E-state index contributed by atoms with van der Waals surface area (Å²) in [6, 6.07) is 31.7. The summed E-state index contributed by atoms with van der Waals surface area (Å²) in [5, 5.41) is 0. The third kappa shape index (κ3) is 4.06. The first-order chi connectivity index (χ1) is 15.7. The van der Waals surface area contributed by atoms with Crippen molar-refractivity contribution in [1.82, 2.24) is 9.55 Å². The van der Waals surface area contributed by atoms with Crippen LogP contribution in [0.1, 0.15) is 46.9 Å². The quantitative estimate of drug-likeness (QED) is 0.362. The van der Waals surface area contributed by atoms with E-state index in [-0.39, 0.29) is 6.04 Å². The second-order valence-electron chi connectivity index (χ2n) is 8.45. The van der Waals surface area contributed by atoms with Crippen molar-refractivity contribution in [3.8, 4) is 0 Å². The van der Waals surface area contributed by atoms with E-state index in [1.165, 1.54) is 16.7 Å². The molecule has 3 aromatic carbocycles. The van der Waals surface area contributed by atoms with Gasteiger partial charge in [0.2, 0.25) is 0 Å². The number of imidazole rings is 1. The molecule has 0 spiro atoms. The summed E-state index contributed by atoms with van der Waals surface area (Å²) in [7, 11) is 0. The molecule has 0 amide bonds. The Hall–Kier alpha value is -3.72. The molecule has 1 atom stereocenters. The predicted octanol–water partition coefficient (Wildman–Crippen LogP) is 6.29. The van der Waals surface area contributed by atoms with Crippen LogP contribution in [-0.4, -0.2) is 15.3 Å². The Kier molecular flexibility index (Phi) is 5.55. The molecule has 1 unspecified atom stereocenters. The van der Waals surface area contributed by atoms with Crippen LogP contribution < -0.4 is 0 Å². The van der Waals surface area contributed by atoms with Crippen LogP contribution >= 0.6 is 0 Å². The third-order valence-corrected chi connectivity index (χ3v) is 5.98. The molecule has 3 heteroatoms. The normalized spacial score (nSPS) is 15.2. The van der Waals surface area contributed by atoms with Gasteiger partial charge in [-0.05, 0) is 29.2 Å². The van der Waals surface area contributed by atoms with E-state index in [1.807, 2.05) is 0 Å². The van der Waals surface area contributed by atoms with Crippen molar-refractivity contribution in [2.24, 2.45) is 4.99 Å². The molecule has 1 aliphatic heterocycles. The van der Waals surface area contributed by atoms with Gasteiger partial charge < -0.3 is 4.57 Å². The van der Waals surface area contributed by atoms with Crippen molar-refractivity contribution >= 4 is 11.3 Å². The zero-order valence-electron chi connectivity index (χ0n) is 18.4. The molecule has 4 aromatic rings. The van der Waals surface area contributed by atoms with Crippen molar-refractivity contribution in [3.63, 3.8) is 0 Å². The molecule has 158 valence electrons. The minimum atomic E-state index is 0.0688. The lowest BCUT2D eigenvalue weighted by Crippen LogP contribution is -2.24. The van der Waals surface area contributed by atoms with E-state index in [1.54, 1.807) is 0 Å². The molecule has 0 fully saturated rings. The molecular weight excluding hydrogens is 390 g/mol. The molecule has 0 aliphatic carbocycles. The Balaban J connectivity index is 1.61. The largest absolute Gasteiger partial charge is 0.321 e. The minimum Gasteiger partial charge on any atom is -0.321 e. The van der Waals surface area contributed by atoms with Crippen molar-refractivity contribution in [2.75, 3.05) is 0 Å². The zero-order valence-corrected chi connectivity index (χ0v) is 18.4. The Bertz CT molecular complexity index is 1250. The van der Waals surface area contributed by atoms with Crippen LogP contribution in [-0.2, 0) is 19.4 Å². The molecule has 0 radical (unpaired) electrons. The van der Waals surface area contributed by atoms with Gasteiger partial charge in [-0.1, -0.05) is 97.6 Å². The molecule has 0 saturated heterocycles. The Morgan fingerprint density at radius 3 is 2.00 bits per heavy atom. The monoisotopic (exact) mass is 417 g/mol. The van der Waals surface area contributed by atoms with E-state index >= 15 is 0 Å². The van der Waals surface area contributed by atoms with E-state index in [0.717, 1.165) is 47.9 Å². The van der Waals surface area contributed by atoms with E-state index in [4.69, 9.17) is 9.98 Å². The number of nitrogens with zero attached hydrogens (tertiary/aromatic N) is 3. The number of allylic oxidation sites excluding steroid dienone is 1. The molecule has 1 aromatic heterocycles. The first-order valence-corrected chi connectivity index (χ1v) is 11.1. The second kappa shape index (κ2) is 8.80. The van der Waals surface area contributed by atoms with Crippen LogP contribution in [0.3, 0.4) is 0 Å². The van der Waals surface area contributed by atoms with Gasteiger partial charge in [0.05, 0.1) is 29.7 Å². The average molecular weight is 418 g/mol. The van der Waals surface area contributed by atoms with Gasteiger partial charge in [-0.2, -0.15) is 0 Å². The summed E-state index contributed by atoms with van der Waals surface area (Å²) in [6.45, 7) is 7.18. The highest BCUT2D eigenvalue weighted by atomic mass is 15.2. The van der Waals surface area contributed by atoms with Gasteiger partial charge in [0.1, 0.15) is 0 Å². The highest BCUT2D eigenvalue weighted by Gasteiger charge is 2.28. The van der Waals surface area contributed by atoms with Crippen LogP contribution in [0.2, 0.25) is 0 Å². The first kappa shape index (κ1) is 20.2. The highest BCUT2D eigenvalue weighted by molar-refractivity contribution is 6.00. The predicted molar refractivity (Wildman–Crippen MR) is 132 cm³/mol. The lowest BCUT2D eigenvalue weighted by Gasteiger charge is -2.25. The smallest absolute Gasteiger partial charge is 0.155 e. The average Bonchev–Trinajstić information content (AvgIpc) is 3.19. The van der Waals surface area contributed by atoms with Gasteiger partial charge >= 0.3 is 0 Å². The van der Waals surface area contributed by atoms with E-state index in [2.05, 4.69) is 109 Å². The van der Waals surface area contributed by atoms with Crippen molar-refractivity contribution in [1.29, 1.82) is 0 Å². The van der Waals surface area contributed by atoms with Crippen LogP contribution in [0, 0.1) is 0 Å². The maximum absolute atomic E-state index is 5.21. The van der Waals surface area contributed by atoms with Gasteiger partial charge in [-0.15, -0.1) is 0 Å². The van der Waals surface area contributed by atoms with Crippen LogP contribution in [0.5, 0.6) is 0 Å². The number of fused-ring (bicyclic) bond motifs is 1. The van der Waals surface area contributed by atoms with Gasteiger partial charge in [0.15, 0.2) is 5.82 Å². The van der Waals surface area contributed by atoms with Crippen LogP contribution in [0.15, 0.2) is 103 Å². The maximum atomic E-state index is 5.21. The van der Waals surface area contributed by atoms with Crippen LogP contribution in [0.4, 0.5) is 0 Å². The van der Waals surface area contributed by atoms with Gasteiger partial charge in [-0.3, -0.25) is 4.99 Å². The standard InChI is InChI=1S/C29H27N3/c1-21(2)28-25(18-22-12-6-3-7-13-22)31-29-26(19-23-14-8-4-9-15-23)30-27(20-32(28)29)24-16-10-5-11-17-24/h3-17,27H,1,18-20H2,2H3. The summed E-state index contributed by atoms with van der Waals surface area (Å²) in [6.07, 6.45) is 1.55. The lowest BCUT2D eigenvalue weighted by atomic mass is 10.0. The SMILES string of the molecule is C=C(C)c1c(Cc2ccccc2)nc2n1CC(c1ccccc1)N=C2Cc1ccccc1. The van der Waals surface area contributed by atoms with Gasteiger partial charge in [0, 0.05) is 12.8 Å². The number of hydrogen-bond acceptors (Lipinski definition) is 2. The minimum absolute atomic E-state index is 0.0688. The molecule has 0 saturated carbocycles. The van der Waals surface area contributed by atoms with E-state index < -0.39 is 0 Å². The Labute approximate surface area is 189 Å².